The third-order valence-electron chi connectivity index (χ3n) is 10.2. The zero-order chi connectivity index (χ0) is 41.6. The van der Waals surface area contributed by atoms with Gasteiger partial charge in [0, 0.05) is 51.0 Å². The van der Waals surface area contributed by atoms with Crippen LogP contribution in [0.5, 0.6) is 0 Å². The molecule has 316 valence electrons. The summed E-state index contributed by atoms with van der Waals surface area (Å²) in [6.07, 6.45) is 5.24. The number of hydrogen-bond donors (Lipinski definition) is 3. The highest BCUT2D eigenvalue weighted by Gasteiger charge is 2.38. The Labute approximate surface area is 331 Å². The van der Waals surface area contributed by atoms with Crippen molar-refractivity contribution in [2.45, 2.75) is 116 Å². The van der Waals surface area contributed by atoms with Gasteiger partial charge in [-0.15, -0.1) is 0 Å². The number of aliphatic imine (C=N–C) groups is 1. The topological polar surface area (TPSA) is 101 Å². The molecule has 13 heteroatoms. The molecule has 1 aliphatic carbocycles. The molecule has 3 N–H and O–H groups in total. The Morgan fingerprint density at radius 3 is 2.34 bits per heavy atom. The van der Waals surface area contributed by atoms with Crippen LogP contribution in [0.1, 0.15) is 109 Å². The van der Waals surface area contributed by atoms with Crippen molar-refractivity contribution in [3.63, 3.8) is 0 Å². The molecule has 8 nitrogen and oxygen atoms in total. The van der Waals surface area contributed by atoms with E-state index in [1.807, 2.05) is 27.8 Å². The number of hydrogen-bond acceptors (Lipinski definition) is 7. The fourth-order valence-electron chi connectivity index (χ4n) is 7.02. The summed E-state index contributed by atoms with van der Waals surface area (Å²) in [5.41, 5.74) is 2.01. The minimum atomic E-state index is -4.48. The first-order chi connectivity index (χ1) is 26.6. The summed E-state index contributed by atoms with van der Waals surface area (Å²) in [7, 11) is 3.53. The molecule has 3 rings (SSSR count). The maximum atomic E-state index is 14.5. The van der Waals surface area contributed by atoms with Crippen LogP contribution >= 0.6 is 0 Å². The molecule has 0 radical (unpaired) electrons. The predicted molar refractivity (Wildman–Crippen MR) is 214 cm³/mol. The first kappa shape index (κ1) is 48.7. The highest BCUT2D eigenvalue weighted by Crippen LogP contribution is 2.44. The molecule has 1 aliphatic heterocycles. The molecular weight excluding hydrogens is 731 g/mol. The molecule has 56 heavy (non-hydrogen) atoms. The van der Waals surface area contributed by atoms with Gasteiger partial charge in [0.05, 0.1) is 24.9 Å². The number of amides is 1. The van der Waals surface area contributed by atoms with Crippen LogP contribution < -0.4 is 16.0 Å². The lowest BCUT2D eigenvalue weighted by atomic mass is 9.74. The molecule has 1 saturated carbocycles. The molecule has 1 aromatic rings. The van der Waals surface area contributed by atoms with Crippen LogP contribution in [0.25, 0.3) is 0 Å². The van der Waals surface area contributed by atoms with Crippen molar-refractivity contribution in [1.29, 1.82) is 0 Å². The van der Waals surface area contributed by atoms with E-state index >= 15 is 0 Å². The van der Waals surface area contributed by atoms with Crippen molar-refractivity contribution in [2.24, 2.45) is 22.2 Å². The van der Waals surface area contributed by atoms with Crippen molar-refractivity contribution < 1.29 is 41.0 Å². The van der Waals surface area contributed by atoms with Gasteiger partial charge in [-0.05, 0) is 132 Å². The van der Waals surface area contributed by atoms with Gasteiger partial charge in [0.2, 0.25) is 11.8 Å². The average Bonchev–Trinajstić information content (AvgIpc) is 3.14. The van der Waals surface area contributed by atoms with Crippen LogP contribution in [0.4, 0.5) is 22.0 Å². The third kappa shape index (κ3) is 18.2. The maximum absolute atomic E-state index is 14.5. The summed E-state index contributed by atoms with van der Waals surface area (Å²) >= 11 is 0. The van der Waals surface area contributed by atoms with Crippen LogP contribution in [0.2, 0.25) is 0 Å². The predicted octanol–water partition coefficient (Wildman–Crippen LogP) is 9.37. The summed E-state index contributed by atoms with van der Waals surface area (Å²) in [4.78, 5) is 28.3. The van der Waals surface area contributed by atoms with Gasteiger partial charge in [-0.1, -0.05) is 32.1 Å². The number of aldehydes is 1. The molecule has 0 spiro atoms. The van der Waals surface area contributed by atoms with Crippen molar-refractivity contribution in [3.05, 3.63) is 70.3 Å². The van der Waals surface area contributed by atoms with Crippen LogP contribution in [-0.4, -0.2) is 71.8 Å². The van der Waals surface area contributed by atoms with E-state index in [4.69, 9.17) is 4.74 Å². The fourth-order valence-corrected chi connectivity index (χ4v) is 7.02. The smallest absolute Gasteiger partial charge is 0.416 e. The zero-order valence-corrected chi connectivity index (χ0v) is 34.1. The summed E-state index contributed by atoms with van der Waals surface area (Å²) in [6, 6.07) is 5.07. The number of rotatable bonds is 20. The highest BCUT2D eigenvalue weighted by molar-refractivity contribution is 5.79. The molecule has 1 unspecified atom stereocenters. The van der Waals surface area contributed by atoms with Gasteiger partial charge in [0.1, 0.15) is 12.0 Å². The number of nitrogens with zero attached hydrogens (tertiary/aromatic N) is 1. The Balaban J connectivity index is 0.00000258. The number of halogens is 5. The molecule has 1 aromatic carbocycles. The number of alkyl halides is 5. The lowest BCUT2D eigenvalue weighted by molar-refractivity contribution is -0.137. The molecule has 1 heterocycles. The second-order valence-electron chi connectivity index (χ2n) is 15.4. The Bertz CT molecular complexity index is 1430. The highest BCUT2D eigenvalue weighted by atomic mass is 19.4. The van der Waals surface area contributed by atoms with Crippen LogP contribution in [0.15, 0.2) is 64.1 Å². The second kappa shape index (κ2) is 25.0. The SMILES string of the molecule is C=N/C=C(\CNCCC(CCNC)/C1=C(Cc2ccc(C(F)(F)F)cc2)/C(C2CCC(F)(F)CC2)=C/CCC(C)(C)CC(=O)N1)OCCCCC=O.CCOC. The lowest BCUT2D eigenvalue weighted by Crippen LogP contribution is -2.36. The quantitative estimate of drug-likeness (QED) is 0.0400. The largest absolute Gasteiger partial charge is 0.495 e. The summed E-state index contributed by atoms with van der Waals surface area (Å²) < 4.78 is 79.8. The standard InChI is InChI=1S/C40H57F5N4O3.C3H8O/c1-38(2)18-8-9-34(30-14-19-39(41,42)20-15-30)35(25-29-10-12-32(13-11-29)40(43,44)45)37(49-36(51)26-38)31(16-21-46-3)17-22-48-28-33(27-47-4)52-24-7-5-6-23-50;1-3-4-2/h9-13,23,27,30-31,46,48H,4-8,14-22,24-26,28H2,1-3H3,(H,49,51);3H2,1-2H3/b33-27+,34-9+,37-35-;. The van der Waals surface area contributed by atoms with Crippen molar-refractivity contribution in [2.75, 3.05) is 47.0 Å². The van der Waals surface area contributed by atoms with E-state index < -0.39 is 17.7 Å². The maximum Gasteiger partial charge on any atom is 0.416 e. The second-order valence-corrected chi connectivity index (χ2v) is 15.4. The molecule has 1 atom stereocenters. The number of nitrogens with one attached hydrogen (secondary N) is 3. The van der Waals surface area contributed by atoms with E-state index in [0.717, 1.165) is 55.4 Å². The van der Waals surface area contributed by atoms with Crippen LogP contribution in [0.3, 0.4) is 0 Å². The van der Waals surface area contributed by atoms with Crippen LogP contribution in [0, 0.1) is 17.3 Å². The van der Waals surface area contributed by atoms with Crippen molar-refractivity contribution >= 4 is 18.9 Å². The number of unbranched alkanes of at least 4 members (excludes halogenated alkanes) is 2. The number of methoxy groups -OCH3 is 1. The van der Waals surface area contributed by atoms with Crippen LogP contribution in [-0.2, 0) is 31.7 Å². The van der Waals surface area contributed by atoms with Gasteiger partial charge in [0.15, 0.2) is 0 Å². The molecule has 0 bridgehead atoms. The minimum Gasteiger partial charge on any atom is -0.495 e. The Morgan fingerprint density at radius 1 is 1.09 bits per heavy atom. The number of allylic oxidation sites excluding steroid dienone is 4. The van der Waals surface area contributed by atoms with Gasteiger partial charge in [-0.25, -0.2) is 8.78 Å². The van der Waals surface area contributed by atoms with Gasteiger partial charge in [-0.3, -0.25) is 9.79 Å². The number of carbonyl (C=O) groups excluding carboxylic acids is 2. The molecule has 1 fully saturated rings. The van der Waals surface area contributed by atoms with E-state index in [2.05, 4.69) is 38.5 Å². The van der Waals surface area contributed by atoms with E-state index in [1.54, 1.807) is 13.3 Å². The van der Waals surface area contributed by atoms with E-state index in [-0.39, 0.29) is 61.7 Å². The Hall–Kier alpha value is -3.42. The number of ether oxygens (including phenoxy) is 2. The number of carbonyl (C=O) groups is 2. The first-order valence-electron chi connectivity index (χ1n) is 19.9. The average molecular weight is 797 g/mol. The molecule has 0 saturated heterocycles. The van der Waals surface area contributed by atoms with Crippen molar-refractivity contribution in [1.82, 2.24) is 16.0 Å². The fraction of sp³-hybridized carbons (Fsp3) is 0.651. The molecular formula is C43H65F5N4O4. The zero-order valence-electron chi connectivity index (χ0n) is 34.1. The van der Waals surface area contributed by atoms with Crippen molar-refractivity contribution in [3.8, 4) is 0 Å². The minimum absolute atomic E-state index is 0.144. The monoisotopic (exact) mass is 796 g/mol. The molecule has 0 aromatic heterocycles. The third-order valence-corrected chi connectivity index (χ3v) is 10.2. The Kier molecular flexibility index (Phi) is 21.8. The van der Waals surface area contributed by atoms with Gasteiger partial charge >= 0.3 is 6.18 Å². The normalized spacial score (nSPS) is 20.8. The summed E-state index contributed by atoms with van der Waals surface area (Å²) in [6.45, 7) is 12.4. The summed E-state index contributed by atoms with van der Waals surface area (Å²) in [5.74, 6) is -2.64. The summed E-state index contributed by atoms with van der Waals surface area (Å²) in [5, 5.41) is 9.92. The van der Waals surface area contributed by atoms with E-state index in [0.29, 0.717) is 68.9 Å². The van der Waals surface area contributed by atoms with E-state index in [9.17, 15) is 31.5 Å². The van der Waals surface area contributed by atoms with E-state index in [1.165, 1.54) is 12.1 Å². The van der Waals surface area contributed by atoms with Gasteiger partial charge in [-0.2, -0.15) is 13.2 Å². The molecule has 1 amide bonds. The lowest BCUT2D eigenvalue weighted by Gasteiger charge is -2.35. The Morgan fingerprint density at radius 2 is 1.75 bits per heavy atom. The van der Waals surface area contributed by atoms with Gasteiger partial charge in [0.25, 0.3) is 0 Å². The first-order valence-corrected chi connectivity index (χ1v) is 19.9. The molecule has 2 aliphatic rings. The number of benzene rings is 1. The van der Waals surface area contributed by atoms with Gasteiger partial charge < -0.3 is 30.2 Å².